The number of carboxylic acid groups (broad SMARTS) is 1. The molecule has 0 spiro atoms. The van der Waals surface area contributed by atoms with Gasteiger partial charge in [-0.1, -0.05) is 29.0 Å². The molecule has 1 N–H and O–H groups in total. The number of hydrogen-bond acceptors (Lipinski definition) is 5. The van der Waals surface area contributed by atoms with Gasteiger partial charge in [-0.2, -0.15) is 0 Å². The molecule has 0 aromatic carbocycles. The molecule has 0 radical (unpaired) electrons. The number of hydrogen-bond donors (Lipinski definition) is 1. The molecular weight excluding hydrogens is 286 g/mol. The third-order valence-corrected chi connectivity index (χ3v) is 4.07. The summed E-state index contributed by atoms with van der Waals surface area (Å²) in [7, 11) is 1.85. The van der Waals surface area contributed by atoms with Crippen LogP contribution in [0.3, 0.4) is 0 Å². The SMILES string of the molecule is CN(CCc1ccccn1)c1nc(Cl)c(C(=O)O)s1. The van der Waals surface area contributed by atoms with E-state index in [2.05, 4.69) is 9.97 Å². The summed E-state index contributed by atoms with van der Waals surface area (Å²) in [5.74, 6) is -1.05. The zero-order chi connectivity index (χ0) is 13.8. The summed E-state index contributed by atoms with van der Waals surface area (Å²) in [5, 5.41) is 9.56. The van der Waals surface area contributed by atoms with Crippen LogP contribution in [-0.4, -0.2) is 34.6 Å². The smallest absolute Gasteiger partial charge is 0.349 e. The van der Waals surface area contributed by atoms with Crippen molar-refractivity contribution in [3.63, 3.8) is 0 Å². The van der Waals surface area contributed by atoms with Gasteiger partial charge in [-0.05, 0) is 12.1 Å². The number of nitrogens with zero attached hydrogens (tertiary/aromatic N) is 3. The molecule has 0 saturated carbocycles. The normalized spacial score (nSPS) is 10.4. The number of aromatic carboxylic acids is 1. The average Bonchev–Trinajstić information content (AvgIpc) is 2.79. The first-order valence-corrected chi connectivity index (χ1v) is 6.78. The molecule has 19 heavy (non-hydrogen) atoms. The highest BCUT2D eigenvalue weighted by atomic mass is 35.5. The van der Waals surface area contributed by atoms with Gasteiger partial charge in [0.15, 0.2) is 15.2 Å². The standard InChI is InChI=1S/C12H12ClN3O2S/c1-16(7-5-8-4-2-3-6-14-8)12-15-10(13)9(19-12)11(17)18/h2-4,6H,5,7H2,1H3,(H,17,18). The van der Waals surface area contributed by atoms with Crippen molar-refractivity contribution in [3.05, 3.63) is 40.1 Å². The van der Waals surface area contributed by atoms with Gasteiger partial charge >= 0.3 is 5.97 Å². The van der Waals surface area contributed by atoms with Crippen LogP contribution in [0.5, 0.6) is 0 Å². The molecule has 2 aromatic heterocycles. The molecule has 2 rings (SSSR count). The molecule has 0 aliphatic carbocycles. The van der Waals surface area contributed by atoms with Gasteiger partial charge in [-0.3, -0.25) is 4.98 Å². The summed E-state index contributed by atoms with van der Waals surface area (Å²) in [6.45, 7) is 0.694. The minimum atomic E-state index is -1.05. The van der Waals surface area contributed by atoms with Crippen molar-refractivity contribution in [3.8, 4) is 0 Å². The van der Waals surface area contributed by atoms with Gasteiger partial charge in [0.2, 0.25) is 0 Å². The average molecular weight is 298 g/mol. The molecule has 0 amide bonds. The molecule has 0 atom stereocenters. The topological polar surface area (TPSA) is 66.3 Å². The minimum Gasteiger partial charge on any atom is -0.477 e. The van der Waals surface area contributed by atoms with Crippen molar-refractivity contribution in [1.82, 2.24) is 9.97 Å². The van der Waals surface area contributed by atoms with E-state index in [1.54, 1.807) is 6.20 Å². The molecule has 0 saturated heterocycles. The first kappa shape index (κ1) is 13.8. The largest absolute Gasteiger partial charge is 0.477 e. The molecule has 100 valence electrons. The number of rotatable bonds is 5. The second-order valence-corrected chi connectivity index (χ2v) is 5.25. The highest BCUT2D eigenvalue weighted by Crippen LogP contribution is 2.28. The van der Waals surface area contributed by atoms with Gasteiger partial charge in [0.05, 0.1) is 0 Å². The maximum atomic E-state index is 10.9. The second kappa shape index (κ2) is 5.99. The van der Waals surface area contributed by atoms with Crippen LogP contribution in [0.4, 0.5) is 5.13 Å². The lowest BCUT2D eigenvalue weighted by Gasteiger charge is -2.14. The van der Waals surface area contributed by atoms with Gasteiger partial charge in [-0.15, -0.1) is 0 Å². The van der Waals surface area contributed by atoms with Crippen LogP contribution < -0.4 is 4.90 Å². The Morgan fingerprint density at radius 3 is 2.89 bits per heavy atom. The summed E-state index contributed by atoms with van der Waals surface area (Å²) < 4.78 is 0. The second-order valence-electron chi connectivity index (χ2n) is 3.91. The van der Waals surface area contributed by atoms with Crippen molar-refractivity contribution in [2.45, 2.75) is 6.42 Å². The number of anilines is 1. The summed E-state index contributed by atoms with van der Waals surface area (Å²) in [4.78, 5) is 21.1. The van der Waals surface area contributed by atoms with Crippen molar-refractivity contribution < 1.29 is 9.90 Å². The Morgan fingerprint density at radius 2 is 2.32 bits per heavy atom. The maximum Gasteiger partial charge on any atom is 0.349 e. The molecule has 0 unspecified atom stereocenters. The predicted molar refractivity (Wildman–Crippen MR) is 75.3 cm³/mol. The molecule has 0 fully saturated rings. The molecule has 2 heterocycles. The summed E-state index contributed by atoms with van der Waals surface area (Å²) in [5.41, 5.74) is 0.982. The third-order valence-electron chi connectivity index (χ3n) is 2.52. The van der Waals surface area contributed by atoms with Crippen LogP contribution in [0.2, 0.25) is 5.15 Å². The van der Waals surface area contributed by atoms with Gasteiger partial charge < -0.3 is 10.0 Å². The van der Waals surface area contributed by atoms with Crippen LogP contribution >= 0.6 is 22.9 Å². The number of halogens is 1. The Kier molecular flexibility index (Phi) is 4.34. The lowest BCUT2D eigenvalue weighted by Crippen LogP contribution is -2.20. The summed E-state index contributed by atoms with van der Waals surface area (Å²) in [6.07, 6.45) is 2.51. The lowest BCUT2D eigenvalue weighted by molar-refractivity contribution is 0.0702. The highest BCUT2D eigenvalue weighted by molar-refractivity contribution is 7.18. The van der Waals surface area contributed by atoms with E-state index in [4.69, 9.17) is 16.7 Å². The highest BCUT2D eigenvalue weighted by Gasteiger charge is 2.17. The zero-order valence-corrected chi connectivity index (χ0v) is 11.8. The maximum absolute atomic E-state index is 10.9. The van der Waals surface area contributed by atoms with E-state index in [9.17, 15) is 4.79 Å². The van der Waals surface area contributed by atoms with Gasteiger partial charge in [-0.25, -0.2) is 9.78 Å². The van der Waals surface area contributed by atoms with Gasteiger partial charge in [0.1, 0.15) is 0 Å². The Labute approximate surface area is 119 Å². The quantitative estimate of drug-likeness (QED) is 0.919. The van der Waals surface area contributed by atoms with Crippen molar-refractivity contribution in [2.24, 2.45) is 0 Å². The zero-order valence-electron chi connectivity index (χ0n) is 10.2. The van der Waals surface area contributed by atoms with Crippen LogP contribution in [0.15, 0.2) is 24.4 Å². The van der Waals surface area contributed by atoms with Gasteiger partial charge in [0, 0.05) is 31.9 Å². The Balaban J connectivity index is 2.02. The van der Waals surface area contributed by atoms with E-state index >= 15 is 0 Å². The van der Waals surface area contributed by atoms with Gasteiger partial charge in [0.25, 0.3) is 0 Å². The molecule has 2 aromatic rings. The molecular formula is C12H12ClN3O2S. The molecule has 0 aliphatic heterocycles. The van der Waals surface area contributed by atoms with Crippen LogP contribution in [0.25, 0.3) is 0 Å². The Morgan fingerprint density at radius 1 is 1.53 bits per heavy atom. The predicted octanol–water partition coefficient (Wildman–Crippen LogP) is 2.57. The summed E-state index contributed by atoms with van der Waals surface area (Å²) >= 11 is 6.85. The van der Waals surface area contributed by atoms with E-state index in [0.717, 1.165) is 23.5 Å². The molecule has 0 bridgehead atoms. The molecule has 7 heteroatoms. The Hall–Kier alpha value is -1.66. The summed E-state index contributed by atoms with van der Waals surface area (Å²) in [6, 6.07) is 5.75. The Bertz CT molecular complexity index is 574. The molecule has 5 nitrogen and oxygen atoms in total. The van der Waals surface area contributed by atoms with Crippen molar-refractivity contribution >= 4 is 34.0 Å². The number of pyridine rings is 1. The van der Waals surface area contributed by atoms with E-state index in [1.807, 2.05) is 30.1 Å². The van der Waals surface area contributed by atoms with Crippen LogP contribution in [-0.2, 0) is 6.42 Å². The molecule has 0 aliphatic rings. The fraction of sp³-hybridized carbons (Fsp3) is 0.250. The number of aromatic nitrogens is 2. The lowest BCUT2D eigenvalue weighted by atomic mass is 10.2. The van der Waals surface area contributed by atoms with E-state index in [1.165, 1.54) is 0 Å². The number of likely N-dealkylation sites (N-methyl/N-ethyl adjacent to an activating group) is 1. The number of carboxylic acids is 1. The van der Waals surface area contributed by atoms with E-state index in [-0.39, 0.29) is 10.0 Å². The van der Waals surface area contributed by atoms with E-state index in [0.29, 0.717) is 11.7 Å². The van der Waals surface area contributed by atoms with Crippen molar-refractivity contribution in [1.29, 1.82) is 0 Å². The number of thiazole rings is 1. The van der Waals surface area contributed by atoms with E-state index < -0.39 is 5.97 Å². The fourth-order valence-corrected chi connectivity index (χ4v) is 2.62. The first-order chi connectivity index (χ1) is 9.08. The van der Waals surface area contributed by atoms with Crippen molar-refractivity contribution in [2.75, 3.05) is 18.5 Å². The number of carbonyl (C=O) groups is 1. The minimum absolute atomic E-state index is 0.0391. The first-order valence-electron chi connectivity index (χ1n) is 5.58. The third kappa shape index (κ3) is 3.42. The monoisotopic (exact) mass is 297 g/mol. The van der Waals surface area contributed by atoms with Crippen LogP contribution in [0.1, 0.15) is 15.4 Å². The van der Waals surface area contributed by atoms with Crippen LogP contribution in [0, 0.1) is 0 Å². The fourth-order valence-electron chi connectivity index (χ4n) is 1.51.